The third-order valence-corrected chi connectivity index (χ3v) is 4.10. The van der Waals surface area contributed by atoms with Gasteiger partial charge in [-0.15, -0.1) is 11.6 Å². The summed E-state index contributed by atoms with van der Waals surface area (Å²) in [5.41, 5.74) is 3.87. The second-order valence-electron chi connectivity index (χ2n) is 6.22. The molecular weight excluding hydrogens is 344 g/mol. The SMILES string of the molecule is C=C(/C=C\C=C/C)CC(C)NC.O=CC1=C/C2=C/C(Cl)C=C/C=C(\C2)N1. The molecule has 2 aliphatic rings. The number of allylic oxidation sites excluding steroid dienone is 11. The number of carbonyl (C=O) groups is 1. The first kappa shape index (κ1) is 21.9. The van der Waals surface area contributed by atoms with Crippen molar-refractivity contribution in [2.75, 3.05) is 7.05 Å². The van der Waals surface area contributed by atoms with Crippen LogP contribution < -0.4 is 10.6 Å². The average molecular weight is 373 g/mol. The van der Waals surface area contributed by atoms with E-state index in [2.05, 4.69) is 24.1 Å². The molecule has 2 bridgehead atoms. The molecule has 3 nitrogen and oxygen atoms in total. The summed E-state index contributed by atoms with van der Waals surface area (Å²) in [6.45, 7) is 8.10. The Morgan fingerprint density at radius 2 is 2.27 bits per heavy atom. The minimum atomic E-state index is -0.0925. The normalized spacial score (nSPS) is 24.0. The van der Waals surface area contributed by atoms with Gasteiger partial charge in [0.1, 0.15) is 0 Å². The molecule has 0 aromatic heterocycles. The lowest BCUT2D eigenvalue weighted by Crippen LogP contribution is -2.20. The molecule has 0 saturated heterocycles. The molecule has 1 aliphatic heterocycles. The molecule has 4 heteroatoms. The predicted octanol–water partition coefficient (Wildman–Crippen LogP) is 4.72. The van der Waals surface area contributed by atoms with E-state index in [1.165, 1.54) is 0 Å². The molecule has 140 valence electrons. The quantitative estimate of drug-likeness (QED) is 0.402. The maximum Gasteiger partial charge on any atom is 0.166 e. The topological polar surface area (TPSA) is 41.1 Å². The van der Waals surface area contributed by atoms with E-state index < -0.39 is 0 Å². The van der Waals surface area contributed by atoms with Crippen LogP contribution in [0.25, 0.3) is 0 Å². The summed E-state index contributed by atoms with van der Waals surface area (Å²) in [5.74, 6) is 0. The van der Waals surface area contributed by atoms with E-state index in [4.69, 9.17) is 11.6 Å². The number of aldehydes is 1. The van der Waals surface area contributed by atoms with E-state index in [0.29, 0.717) is 11.7 Å². The molecule has 0 spiro atoms. The first-order valence-electron chi connectivity index (χ1n) is 8.79. The van der Waals surface area contributed by atoms with Crippen molar-refractivity contribution in [2.24, 2.45) is 0 Å². The zero-order valence-electron chi connectivity index (χ0n) is 15.8. The lowest BCUT2D eigenvalue weighted by atomic mass is 10.0. The molecule has 0 fully saturated rings. The number of alkyl halides is 1. The summed E-state index contributed by atoms with van der Waals surface area (Å²) < 4.78 is 0. The number of carbonyl (C=O) groups excluding carboxylic acids is 1. The van der Waals surface area contributed by atoms with E-state index in [1.807, 2.05) is 68.7 Å². The smallest absolute Gasteiger partial charge is 0.166 e. The number of rotatable bonds is 6. The van der Waals surface area contributed by atoms with Gasteiger partial charge in [0.15, 0.2) is 6.29 Å². The minimum Gasteiger partial charge on any atom is -0.356 e. The number of hydrogen-bond acceptors (Lipinski definition) is 3. The van der Waals surface area contributed by atoms with E-state index in [9.17, 15) is 4.79 Å². The molecule has 2 unspecified atom stereocenters. The van der Waals surface area contributed by atoms with E-state index in [1.54, 1.807) is 0 Å². The van der Waals surface area contributed by atoms with Gasteiger partial charge in [0.25, 0.3) is 0 Å². The summed E-state index contributed by atoms with van der Waals surface area (Å²) in [6.07, 6.45) is 20.3. The molecule has 0 aromatic rings. The van der Waals surface area contributed by atoms with Crippen LogP contribution in [0.5, 0.6) is 0 Å². The van der Waals surface area contributed by atoms with Gasteiger partial charge >= 0.3 is 0 Å². The Morgan fingerprint density at radius 3 is 2.92 bits per heavy atom. The first-order chi connectivity index (χ1) is 12.5. The van der Waals surface area contributed by atoms with Gasteiger partial charge in [0.2, 0.25) is 0 Å². The lowest BCUT2D eigenvalue weighted by Gasteiger charge is -2.19. The van der Waals surface area contributed by atoms with Crippen molar-refractivity contribution in [1.29, 1.82) is 0 Å². The first-order valence-corrected chi connectivity index (χ1v) is 9.22. The Labute approximate surface area is 162 Å². The second-order valence-corrected chi connectivity index (χ2v) is 6.72. The maximum absolute atomic E-state index is 10.6. The molecule has 0 aromatic carbocycles. The standard InChI is InChI=1S/C11H10ClNO.C11H19N/c12-9-2-1-3-10-5-8(4-9)6-11(7-14)13-10;1-5-6-7-8-10(2)9-11(3)12-4/h1-4,6-7,9,13H,5H2;5-8,11-12H,2,9H2,1,3-4H3/b2-1?,8-4+,10-3+;6-5-,8-7-. The average Bonchev–Trinajstić information content (AvgIpc) is 2.61. The number of halogens is 1. The summed E-state index contributed by atoms with van der Waals surface area (Å²) in [4.78, 5) is 10.6. The number of fused-ring (bicyclic) bond motifs is 2. The van der Waals surface area contributed by atoms with Gasteiger partial charge in [-0.25, -0.2) is 0 Å². The summed E-state index contributed by atoms with van der Waals surface area (Å²) in [6, 6.07) is 0.507. The Morgan fingerprint density at radius 1 is 1.50 bits per heavy atom. The van der Waals surface area contributed by atoms with Crippen LogP contribution in [0.1, 0.15) is 26.7 Å². The van der Waals surface area contributed by atoms with Crippen LogP contribution in [-0.2, 0) is 4.79 Å². The van der Waals surface area contributed by atoms with E-state index in [-0.39, 0.29) is 5.38 Å². The summed E-state index contributed by atoms with van der Waals surface area (Å²) in [7, 11) is 1.97. The molecule has 1 heterocycles. The maximum atomic E-state index is 10.6. The van der Waals surface area contributed by atoms with Gasteiger partial charge in [-0.3, -0.25) is 4.79 Å². The van der Waals surface area contributed by atoms with Crippen molar-refractivity contribution in [3.8, 4) is 0 Å². The Bertz CT molecular complexity index is 666. The van der Waals surface area contributed by atoms with Crippen molar-refractivity contribution in [3.05, 3.63) is 83.8 Å². The fourth-order valence-corrected chi connectivity index (χ4v) is 2.66. The van der Waals surface area contributed by atoms with Crippen molar-refractivity contribution < 1.29 is 4.79 Å². The minimum absolute atomic E-state index is 0.0925. The van der Waals surface area contributed by atoms with Crippen LogP contribution in [0.2, 0.25) is 0 Å². The molecule has 1 aliphatic carbocycles. The Balaban J connectivity index is 0.000000265. The van der Waals surface area contributed by atoms with Crippen LogP contribution in [0.3, 0.4) is 0 Å². The van der Waals surface area contributed by atoms with Crippen molar-refractivity contribution in [1.82, 2.24) is 10.6 Å². The monoisotopic (exact) mass is 372 g/mol. The van der Waals surface area contributed by atoms with Crippen molar-refractivity contribution in [3.63, 3.8) is 0 Å². The molecular formula is C22H29ClN2O. The second kappa shape index (κ2) is 12.3. The fourth-order valence-electron chi connectivity index (χ4n) is 2.41. The molecule has 0 saturated carbocycles. The van der Waals surface area contributed by atoms with Crippen molar-refractivity contribution >= 4 is 17.9 Å². The van der Waals surface area contributed by atoms with Gasteiger partial charge in [-0.1, -0.05) is 54.7 Å². The largest absolute Gasteiger partial charge is 0.356 e. The summed E-state index contributed by atoms with van der Waals surface area (Å²) in [5, 5.41) is 6.12. The molecule has 0 radical (unpaired) electrons. The third-order valence-electron chi connectivity index (χ3n) is 3.83. The van der Waals surface area contributed by atoms with Gasteiger partial charge in [-0.2, -0.15) is 0 Å². The Kier molecular flexibility index (Phi) is 10.4. The highest BCUT2D eigenvalue weighted by Crippen LogP contribution is 2.22. The van der Waals surface area contributed by atoms with Crippen molar-refractivity contribution in [2.45, 2.75) is 38.1 Å². The highest BCUT2D eigenvalue weighted by Gasteiger charge is 2.12. The van der Waals surface area contributed by atoms with Gasteiger partial charge in [0, 0.05) is 18.2 Å². The lowest BCUT2D eigenvalue weighted by molar-refractivity contribution is -0.105. The van der Waals surface area contributed by atoms with Crippen LogP contribution in [-0.4, -0.2) is 24.8 Å². The highest BCUT2D eigenvalue weighted by atomic mass is 35.5. The van der Waals surface area contributed by atoms with Gasteiger partial charge in [0.05, 0.1) is 11.1 Å². The molecule has 2 N–H and O–H groups in total. The van der Waals surface area contributed by atoms with Gasteiger partial charge in [-0.05, 0) is 45.0 Å². The van der Waals surface area contributed by atoms with Crippen LogP contribution in [0.15, 0.2) is 83.8 Å². The molecule has 2 atom stereocenters. The van der Waals surface area contributed by atoms with Crippen LogP contribution in [0.4, 0.5) is 0 Å². The van der Waals surface area contributed by atoms with Crippen LogP contribution in [0, 0.1) is 0 Å². The zero-order valence-corrected chi connectivity index (χ0v) is 16.6. The van der Waals surface area contributed by atoms with E-state index in [0.717, 1.165) is 36.0 Å². The van der Waals surface area contributed by atoms with E-state index >= 15 is 0 Å². The van der Waals surface area contributed by atoms with Crippen LogP contribution >= 0.6 is 11.6 Å². The highest BCUT2D eigenvalue weighted by molar-refractivity contribution is 6.23. The zero-order chi connectivity index (χ0) is 19.4. The number of nitrogens with one attached hydrogen (secondary N) is 2. The molecule has 26 heavy (non-hydrogen) atoms. The number of hydrogen-bond donors (Lipinski definition) is 2. The Hall–Kier alpha value is -2.10. The predicted molar refractivity (Wildman–Crippen MR) is 113 cm³/mol. The summed E-state index contributed by atoms with van der Waals surface area (Å²) >= 11 is 6.00. The molecule has 2 rings (SSSR count). The third kappa shape index (κ3) is 8.84. The fraction of sp³-hybridized carbons (Fsp3) is 0.318. The molecule has 0 amide bonds. The van der Waals surface area contributed by atoms with Gasteiger partial charge < -0.3 is 10.6 Å².